The van der Waals surface area contributed by atoms with Gasteiger partial charge in [-0.1, -0.05) is 13.8 Å². The summed E-state index contributed by atoms with van der Waals surface area (Å²) in [6.07, 6.45) is 0.813. The number of furan rings is 1. The molecule has 1 atom stereocenters. The summed E-state index contributed by atoms with van der Waals surface area (Å²) in [6, 6.07) is 9.15. The van der Waals surface area contributed by atoms with Crippen LogP contribution in [0.15, 0.2) is 40.8 Å². The third-order valence-electron chi connectivity index (χ3n) is 3.33. The summed E-state index contributed by atoms with van der Waals surface area (Å²) in [6.45, 7) is 4.54. The highest BCUT2D eigenvalue weighted by Gasteiger charge is 2.17. The van der Waals surface area contributed by atoms with Crippen LogP contribution in [0.25, 0.3) is 11.3 Å². The van der Waals surface area contributed by atoms with E-state index in [9.17, 15) is 9.18 Å². The summed E-state index contributed by atoms with van der Waals surface area (Å²) in [5.41, 5.74) is 6.40. The van der Waals surface area contributed by atoms with Gasteiger partial charge in [0.15, 0.2) is 5.76 Å². The minimum atomic E-state index is -0.312. The number of rotatable bonds is 6. The summed E-state index contributed by atoms with van der Waals surface area (Å²) in [5, 5.41) is 2.87. The SMILES string of the molecule is CC(C)CC(CN)NC(=O)c1ccc(-c2ccc(F)cc2)o1. The van der Waals surface area contributed by atoms with Crippen LogP contribution in [0.2, 0.25) is 0 Å². The number of amides is 1. The van der Waals surface area contributed by atoms with Crippen LogP contribution in [0.5, 0.6) is 0 Å². The van der Waals surface area contributed by atoms with Crippen molar-refractivity contribution in [3.63, 3.8) is 0 Å². The summed E-state index contributed by atoms with van der Waals surface area (Å²) < 4.78 is 18.5. The number of benzene rings is 1. The van der Waals surface area contributed by atoms with Gasteiger partial charge in [0.2, 0.25) is 0 Å². The van der Waals surface area contributed by atoms with Crippen molar-refractivity contribution < 1.29 is 13.6 Å². The van der Waals surface area contributed by atoms with Gasteiger partial charge in [-0.05, 0) is 48.7 Å². The molecule has 0 saturated heterocycles. The third-order valence-corrected chi connectivity index (χ3v) is 3.33. The van der Waals surface area contributed by atoms with Gasteiger partial charge in [0.25, 0.3) is 5.91 Å². The Bertz CT molecular complexity index is 620. The van der Waals surface area contributed by atoms with Crippen molar-refractivity contribution in [3.8, 4) is 11.3 Å². The zero-order valence-corrected chi connectivity index (χ0v) is 12.8. The molecule has 1 aromatic carbocycles. The number of nitrogens with one attached hydrogen (secondary N) is 1. The number of carbonyl (C=O) groups is 1. The van der Waals surface area contributed by atoms with E-state index in [0.29, 0.717) is 18.2 Å². The molecule has 2 aromatic rings. The van der Waals surface area contributed by atoms with Crippen LogP contribution in [-0.2, 0) is 0 Å². The Labute approximate surface area is 129 Å². The van der Waals surface area contributed by atoms with Crippen molar-refractivity contribution in [1.82, 2.24) is 5.32 Å². The minimum Gasteiger partial charge on any atom is -0.451 e. The van der Waals surface area contributed by atoms with Gasteiger partial charge in [-0.2, -0.15) is 0 Å². The van der Waals surface area contributed by atoms with E-state index in [1.165, 1.54) is 12.1 Å². The van der Waals surface area contributed by atoms with Gasteiger partial charge in [-0.15, -0.1) is 0 Å². The Morgan fingerprint density at radius 2 is 1.91 bits per heavy atom. The lowest BCUT2D eigenvalue weighted by Crippen LogP contribution is -2.40. The number of halogens is 1. The molecule has 5 heteroatoms. The molecule has 0 bridgehead atoms. The molecule has 4 nitrogen and oxygen atoms in total. The van der Waals surface area contributed by atoms with Crippen LogP contribution >= 0.6 is 0 Å². The predicted molar refractivity (Wildman–Crippen MR) is 83.9 cm³/mol. The largest absolute Gasteiger partial charge is 0.451 e. The molecule has 0 spiro atoms. The van der Waals surface area contributed by atoms with Gasteiger partial charge in [0, 0.05) is 18.2 Å². The number of carbonyl (C=O) groups excluding carboxylic acids is 1. The van der Waals surface area contributed by atoms with Crippen LogP contribution < -0.4 is 11.1 Å². The molecule has 2 rings (SSSR count). The van der Waals surface area contributed by atoms with Crippen molar-refractivity contribution in [3.05, 3.63) is 48.0 Å². The minimum absolute atomic E-state index is 0.0770. The highest BCUT2D eigenvalue weighted by Crippen LogP contribution is 2.22. The van der Waals surface area contributed by atoms with Crippen molar-refractivity contribution in [1.29, 1.82) is 0 Å². The smallest absolute Gasteiger partial charge is 0.287 e. The molecule has 1 aromatic heterocycles. The van der Waals surface area contributed by atoms with E-state index in [2.05, 4.69) is 19.2 Å². The van der Waals surface area contributed by atoms with Crippen molar-refractivity contribution in [2.45, 2.75) is 26.3 Å². The Balaban J connectivity index is 2.07. The van der Waals surface area contributed by atoms with E-state index < -0.39 is 0 Å². The highest BCUT2D eigenvalue weighted by molar-refractivity contribution is 5.92. The molecule has 0 aliphatic rings. The fourth-order valence-corrected chi connectivity index (χ4v) is 2.27. The first-order valence-corrected chi connectivity index (χ1v) is 7.36. The summed E-state index contributed by atoms with van der Waals surface area (Å²) in [7, 11) is 0. The Morgan fingerprint density at radius 1 is 1.23 bits per heavy atom. The molecular weight excluding hydrogens is 283 g/mol. The van der Waals surface area contributed by atoms with Gasteiger partial charge in [0.1, 0.15) is 11.6 Å². The van der Waals surface area contributed by atoms with Gasteiger partial charge >= 0.3 is 0 Å². The quantitative estimate of drug-likeness (QED) is 0.861. The lowest BCUT2D eigenvalue weighted by molar-refractivity contribution is 0.0906. The van der Waals surface area contributed by atoms with Crippen LogP contribution in [0.1, 0.15) is 30.8 Å². The van der Waals surface area contributed by atoms with Gasteiger partial charge in [-0.25, -0.2) is 4.39 Å². The van der Waals surface area contributed by atoms with E-state index in [4.69, 9.17) is 10.2 Å². The lowest BCUT2D eigenvalue weighted by Gasteiger charge is -2.17. The summed E-state index contributed by atoms with van der Waals surface area (Å²) in [4.78, 5) is 12.2. The second-order valence-electron chi connectivity index (χ2n) is 5.71. The molecule has 22 heavy (non-hydrogen) atoms. The Morgan fingerprint density at radius 3 is 2.50 bits per heavy atom. The summed E-state index contributed by atoms with van der Waals surface area (Å²) in [5.74, 6) is 0.595. The molecule has 0 saturated carbocycles. The molecule has 0 radical (unpaired) electrons. The molecule has 118 valence electrons. The molecule has 0 aliphatic heterocycles. The first-order valence-electron chi connectivity index (χ1n) is 7.36. The Hall–Kier alpha value is -2.14. The van der Waals surface area contributed by atoms with E-state index in [-0.39, 0.29) is 23.5 Å². The van der Waals surface area contributed by atoms with E-state index >= 15 is 0 Å². The normalized spacial score (nSPS) is 12.4. The lowest BCUT2D eigenvalue weighted by atomic mass is 10.0. The van der Waals surface area contributed by atoms with Crippen LogP contribution in [0, 0.1) is 11.7 Å². The average molecular weight is 304 g/mol. The second kappa shape index (κ2) is 7.22. The highest BCUT2D eigenvalue weighted by atomic mass is 19.1. The van der Waals surface area contributed by atoms with Crippen molar-refractivity contribution >= 4 is 5.91 Å². The van der Waals surface area contributed by atoms with E-state index in [1.54, 1.807) is 24.3 Å². The second-order valence-corrected chi connectivity index (χ2v) is 5.71. The van der Waals surface area contributed by atoms with Gasteiger partial charge in [0.05, 0.1) is 0 Å². The molecule has 1 amide bonds. The third kappa shape index (κ3) is 4.18. The maximum Gasteiger partial charge on any atom is 0.287 e. The number of nitrogens with two attached hydrogens (primary N) is 1. The zero-order chi connectivity index (χ0) is 16.1. The molecule has 1 unspecified atom stereocenters. The molecule has 3 N–H and O–H groups in total. The number of hydrogen-bond acceptors (Lipinski definition) is 3. The molecule has 0 aliphatic carbocycles. The fourth-order valence-electron chi connectivity index (χ4n) is 2.27. The Kier molecular flexibility index (Phi) is 5.33. The molecular formula is C17H21FN2O2. The van der Waals surface area contributed by atoms with Crippen molar-refractivity contribution in [2.24, 2.45) is 11.7 Å². The van der Waals surface area contributed by atoms with Gasteiger partial charge < -0.3 is 15.5 Å². The molecule has 1 heterocycles. The zero-order valence-electron chi connectivity index (χ0n) is 12.8. The monoisotopic (exact) mass is 304 g/mol. The van der Waals surface area contributed by atoms with Gasteiger partial charge in [-0.3, -0.25) is 4.79 Å². The first-order chi connectivity index (χ1) is 10.5. The van der Waals surface area contributed by atoms with E-state index in [1.807, 2.05) is 0 Å². The standard InChI is InChI=1S/C17H21FN2O2/c1-11(2)9-14(10-19)20-17(21)16-8-7-15(22-16)12-3-5-13(18)6-4-12/h3-8,11,14H,9-10,19H2,1-2H3,(H,20,21). The average Bonchev–Trinajstić information content (AvgIpc) is 2.96. The predicted octanol–water partition coefficient (Wildman–Crippen LogP) is 3.19. The summed E-state index contributed by atoms with van der Waals surface area (Å²) >= 11 is 0. The van der Waals surface area contributed by atoms with Crippen LogP contribution in [0.4, 0.5) is 4.39 Å². The maximum atomic E-state index is 12.9. The van der Waals surface area contributed by atoms with E-state index in [0.717, 1.165) is 12.0 Å². The topological polar surface area (TPSA) is 68.3 Å². The molecule has 0 fully saturated rings. The maximum absolute atomic E-state index is 12.9. The first kappa shape index (κ1) is 16.2. The van der Waals surface area contributed by atoms with Crippen molar-refractivity contribution in [2.75, 3.05) is 6.54 Å². The van der Waals surface area contributed by atoms with Crippen LogP contribution in [0.3, 0.4) is 0 Å². The fraction of sp³-hybridized carbons (Fsp3) is 0.353. The van der Waals surface area contributed by atoms with Crippen LogP contribution in [-0.4, -0.2) is 18.5 Å². The number of hydrogen-bond donors (Lipinski definition) is 2.